The molecule has 0 saturated carbocycles. The topological polar surface area (TPSA) is 125 Å². The fraction of sp³-hybridized carbons (Fsp3) is 0.312. The Balaban J connectivity index is 1.71. The van der Waals surface area contributed by atoms with Crippen molar-refractivity contribution in [3.8, 4) is 28.0 Å². The molecule has 10 nitrogen and oxygen atoms in total. The Bertz CT molecular complexity index is 1630. The van der Waals surface area contributed by atoms with Crippen molar-refractivity contribution in [3.05, 3.63) is 73.1 Å². The SMILES string of the molecule is COc1cc(NC(=O)C=CCN(C)C)cc(-c2cnc3c(c2)c(-c2ccnc(F)c2)cn3COC(=O)C(N)CC(C)C)c1. The molecular formula is C32H37FN6O4. The molecule has 1 aromatic carbocycles. The molecule has 1 unspecified atom stereocenters. The van der Waals surface area contributed by atoms with Gasteiger partial charge in [-0.2, -0.15) is 4.39 Å². The van der Waals surface area contributed by atoms with Crippen LogP contribution in [0.2, 0.25) is 0 Å². The molecule has 4 rings (SSSR count). The highest BCUT2D eigenvalue weighted by Gasteiger charge is 2.19. The Morgan fingerprint density at radius 3 is 2.60 bits per heavy atom. The van der Waals surface area contributed by atoms with E-state index in [0.717, 1.165) is 11.1 Å². The first-order valence-corrected chi connectivity index (χ1v) is 13.9. The zero-order valence-electron chi connectivity index (χ0n) is 25.0. The van der Waals surface area contributed by atoms with Gasteiger partial charge in [0, 0.05) is 65.5 Å². The van der Waals surface area contributed by atoms with Crippen molar-refractivity contribution in [1.82, 2.24) is 19.4 Å². The van der Waals surface area contributed by atoms with Gasteiger partial charge in [-0.05, 0) is 61.8 Å². The van der Waals surface area contributed by atoms with Crippen LogP contribution in [0, 0.1) is 11.9 Å². The number of methoxy groups -OCH3 is 1. The number of anilines is 1. The van der Waals surface area contributed by atoms with Crippen LogP contribution in [0.5, 0.6) is 5.75 Å². The van der Waals surface area contributed by atoms with Crippen molar-refractivity contribution in [2.45, 2.75) is 33.0 Å². The quantitative estimate of drug-likeness (QED) is 0.137. The normalized spacial score (nSPS) is 12.3. The second-order valence-electron chi connectivity index (χ2n) is 10.9. The number of halogens is 1. The predicted molar refractivity (Wildman–Crippen MR) is 165 cm³/mol. The number of rotatable bonds is 12. The molecule has 0 saturated heterocycles. The molecule has 1 atom stereocenters. The second-order valence-corrected chi connectivity index (χ2v) is 10.9. The van der Waals surface area contributed by atoms with E-state index in [1.807, 2.05) is 51.0 Å². The molecule has 4 aromatic rings. The maximum absolute atomic E-state index is 14.1. The van der Waals surface area contributed by atoms with E-state index in [1.165, 1.54) is 18.3 Å². The Morgan fingerprint density at radius 1 is 1.12 bits per heavy atom. The molecule has 226 valence electrons. The molecule has 0 aliphatic heterocycles. The maximum Gasteiger partial charge on any atom is 0.324 e. The lowest BCUT2D eigenvalue weighted by atomic mass is 10.0. The average molecular weight is 589 g/mol. The minimum absolute atomic E-state index is 0.113. The summed E-state index contributed by atoms with van der Waals surface area (Å²) in [5, 5.41) is 3.58. The molecule has 43 heavy (non-hydrogen) atoms. The third-order valence-corrected chi connectivity index (χ3v) is 6.61. The maximum atomic E-state index is 14.1. The van der Waals surface area contributed by atoms with Crippen molar-refractivity contribution < 1.29 is 23.5 Å². The minimum Gasteiger partial charge on any atom is -0.497 e. The number of aromatic nitrogens is 3. The predicted octanol–water partition coefficient (Wildman–Crippen LogP) is 4.84. The Labute approximate surface area is 250 Å². The van der Waals surface area contributed by atoms with Gasteiger partial charge >= 0.3 is 5.97 Å². The second kappa shape index (κ2) is 14.0. The molecule has 0 aliphatic carbocycles. The van der Waals surface area contributed by atoms with Gasteiger partial charge in [-0.25, -0.2) is 9.97 Å². The number of pyridine rings is 2. The molecule has 0 spiro atoms. The van der Waals surface area contributed by atoms with Crippen molar-refractivity contribution in [3.63, 3.8) is 0 Å². The van der Waals surface area contributed by atoms with E-state index >= 15 is 0 Å². The molecule has 3 heterocycles. The highest BCUT2D eigenvalue weighted by molar-refractivity contribution is 6.00. The van der Waals surface area contributed by atoms with Gasteiger partial charge in [0.15, 0.2) is 6.73 Å². The number of carbonyl (C=O) groups excluding carboxylic acids is 2. The first-order valence-electron chi connectivity index (χ1n) is 13.9. The van der Waals surface area contributed by atoms with E-state index in [9.17, 15) is 14.0 Å². The smallest absolute Gasteiger partial charge is 0.324 e. The molecule has 0 radical (unpaired) electrons. The largest absolute Gasteiger partial charge is 0.497 e. The van der Waals surface area contributed by atoms with Gasteiger partial charge in [-0.15, -0.1) is 0 Å². The molecule has 0 fully saturated rings. The summed E-state index contributed by atoms with van der Waals surface area (Å²) in [5.41, 5.74) is 9.82. The van der Waals surface area contributed by atoms with Gasteiger partial charge in [-0.3, -0.25) is 14.2 Å². The van der Waals surface area contributed by atoms with Crippen LogP contribution in [0.25, 0.3) is 33.3 Å². The van der Waals surface area contributed by atoms with E-state index in [0.29, 0.717) is 46.6 Å². The van der Waals surface area contributed by atoms with Crippen LogP contribution in [0.1, 0.15) is 20.3 Å². The van der Waals surface area contributed by atoms with E-state index in [-0.39, 0.29) is 18.6 Å². The number of nitrogens with zero attached hydrogens (tertiary/aromatic N) is 4. The van der Waals surface area contributed by atoms with Crippen molar-refractivity contribution in [2.75, 3.05) is 33.1 Å². The summed E-state index contributed by atoms with van der Waals surface area (Å²) in [6, 6.07) is 9.59. The lowest BCUT2D eigenvalue weighted by molar-refractivity contribution is -0.149. The molecule has 11 heteroatoms. The third-order valence-electron chi connectivity index (χ3n) is 6.61. The Kier molecular flexibility index (Phi) is 10.2. The van der Waals surface area contributed by atoms with Gasteiger partial charge in [0.05, 0.1) is 7.11 Å². The summed E-state index contributed by atoms with van der Waals surface area (Å²) in [6.07, 6.45) is 8.59. The van der Waals surface area contributed by atoms with Crippen LogP contribution in [0.4, 0.5) is 10.1 Å². The Hall–Kier alpha value is -4.61. The standard InChI is InChI=1S/C32H37FN6O4/c1-20(2)11-28(34)32(41)43-19-39-18-27(21-8-9-35-29(33)15-21)26-14-23(17-36-31(26)39)22-12-24(16-25(13-22)42-5)37-30(40)7-6-10-38(3)4/h6-9,12-18,20,28H,10-11,19,34H2,1-5H3,(H,37,40). The van der Waals surface area contributed by atoms with Crippen LogP contribution in [-0.2, 0) is 21.1 Å². The number of nitrogens with one attached hydrogen (secondary N) is 1. The third kappa shape index (κ3) is 8.24. The number of hydrogen-bond acceptors (Lipinski definition) is 8. The first-order chi connectivity index (χ1) is 20.5. The first kappa shape index (κ1) is 31.3. The van der Waals surface area contributed by atoms with E-state index in [4.69, 9.17) is 15.2 Å². The lowest BCUT2D eigenvalue weighted by Gasteiger charge is -2.14. The van der Waals surface area contributed by atoms with E-state index in [1.54, 1.807) is 42.3 Å². The molecule has 3 aromatic heterocycles. The highest BCUT2D eigenvalue weighted by Crippen LogP contribution is 2.35. The van der Waals surface area contributed by atoms with E-state index < -0.39 is 18.0 Å². The summed E-state index contributed by atoms with van der Waals surface area (Å²) in [7, 11) is 5.39. The summed E-state index contributed by atoms with van der Waals surface area (Å²) < 4.78 is 26.8. The zero-order valence-corrected chi connectivity index (χ0v) is 25.0. The summed E-state index contributed by atoms with van der Waals surface area (Å²) in [5.74, 6) is -0.610. The fourth-order valence-electron chi connectivity index (χ4n) is 4.58. The number of nitrogens with two attached hydrogens (primary N) is 1. The van der Waals surface area contributed by atoms with Crippen LogP contribution in [0.15, 0.2) is 67.1 Å². The number of benzene rings is 1. The summed E-state index contributed by atoms with van der Waals surface area (Å²) in [6.45, 7) is 4.49. The van der Waals surface area contributed by atoms with Crippen LogP contribution >= 0.6 is 0 Å². The number of esters is 1. The number of carbonyl (C=O) groups is 2. The van der Waals surface area contributed by atoms with Gasteiger partial charge in [0.2, 0.25) is 11.9 Å². The molecule has 1 amide bonds. The lowest BCUT2D eigenvalue weighted by Crippen LogP contribution is -2.33. The van der Waals surface area contributed by atoms with Crippen LogP contribution in [-0.4, -0.2) is 65.1 Å². The molecule has 3 N–H and O–H groups in total. The average Bonchev–Trinajstić information content (AvgIpc) is 3.33. The van der Waals surface area contributed by atoms with Crippen molar-refractivity contribution >= 4 is 28.6 Å². The van der Waals surface area contributed by atoms with Crippen molar-refractivity contribution in [2.24, 2.45) is 11.7 Å². The monoisotopic (exact) mass is 588 g/mol. The van der Waals surface area contributed by atoms with Gasteiger partial charge in [0.25, 0.3) is 0 Å². The Morgan fingerprint density at radius 2 is 1.91 bits per heavy atom. The van der Waals surface area contributed by atoms with Gasteiger partial charge in [0.1, 0.15) is 17.4 Å². The highest BCUT2D eigenvalue weighted by atomic mass is 19.1. The van der Waals surface area contributed by atoms with E-state index in [2.05, 4.69) is 15.3 Å². The number of hydrogen-bond donors (Lipinski definition) is 2. The zero-order chi connectivity index (χ0) is 31.1. The van der Waals surface area contributed by atoms with Gasteiger partial charge in [-0.1, -0.05) is 19.9 Å². The minimum atomic E-state index is -0.735. The fourth-order valence-corrected chi connectivity index (χ4v) is 4.58. The number of amides is 1. The van der Waals surface area contributed by atoms with Crippen LogP contribution < -0.4 is 15.8 Å². The van der Waals surface area contributed by atoms with Crippen molar-refractivity contribution in [1.29, 1.82) is 0 Å². The molecular weight excluding hydrogens is 551 g/mol. The molecule has 0 bridgehead atoms. The molecule has 0 aliphatic rings. The number of likely N-dealkylation sites (N-methyl/N-ethyl adjacent to an activating group) is 1. The number of ether oxygens (including phenoxy) is 2. The van der Waals surface area contributed by atoms with Gasteiger partial charge < -0.3 is 25.4 Å². The number of fused-ring (bicyclic) bond motifs is 1. The summed E-state index contributed by atoms with van der Waals surface area (Å²) in [4.78, 5) is 35.3. The van der Waals surface area contributed by atoms with Crippen LogP contribution in [0.3, 0.4) is 0 Å². The summed E-state index contributed by atoms with van der Waals surface area (Å²) >= 11 is 0.